The number of aliphatic hydroxyl groups excluding tert-OH is 2. The van der Waals surface area contributed by atoms with E-state index in [2.05, 4.69) is 31.3 Å². The summed E-state index contributed by atoms with van der Waals surface area (Å²) in [4.78, 5) is 24.7. The number of nitrogens with one attached hydrogen (secondary N) is 1. The third kappa shape index (κ3) is 75.5. The molecule has 0 aliphatic carbocycles. The fourth-order valence-corrected chi connectivity index (χ4v) is 13.5. The van der Waals surface area contributed by atoms with Crippen LogP contribution in [0.3, 0.4) is 0 Å². The lowest BCUT2D eigenvalue weighted by Crippen LogP contribution is -2.45. The molecule has 0 aliphatic heterocycles. The Kier molecular flexibility index (Phi) is 77.8. The number of aliphatic hydroxyl groups is 2. The lowest BCUT2D eigenvalue weighted by molar-refractivity contribution is -0.143. The maximum absolute atomic E-state index is 12.6. The SMILES string of the molecule is CCCCCCCCCCCCCCCCCCCCCCC(O)C(CO)NC(=O)CCCCCCCCCCCCCCCCCCC/C=C\CCCCCCCCCCCCCCOC(=O)CCCCCCCCCCCCCCCCCCCCC. The molecule has 0 saturated heterocycles. The molecule has 6 heteroatoms. The first kappa shape index (κ1) is 87.6. The van der Waals surface area contributed by atoms with E-state index in [9.17, 15) is 19.8 Å². The van der Waals surface area contributed by atoms with Crippen LogP contribution in [0.15, 0.2) is 12.2 Å². The molecular formula is C83H163NO5. The van der Waals surface area contributed by atoms with Crippen LogP contribution in [-0.4, -0.2) is 47.4 Å². The Labute approximate surface area is 559 Å². The highest BCUT2D eigenvalue weighted by molar-refractivity contribution is 5.76. The number of ether oxygens (including phenoxy) is 1. The Hall–Kier alpha value is -1.40. The van der Waals surface area contributed by atoms with Crippen molar-refractivity contribution in [2.24, 2.45) is 0 Å². The third-order valence-corrected chi connectivity index (χ3v) is 19.8. The van der Waals surface area contributed by atoms with E-state index in [1.807, 2.05) is 0 Å². The quantitative estimate of drug-likeness (QED) is 0.0320. The van der Waals surface area contributed by atoms with Crippen LogP contribution < -0.4 is 5.32 Å². The van der Waals surface area contributed by atoms with E-state index in [-0.39, 0.29) is 18.5 Å². The zero-order valence-electron chi connectivity index (χ0n) is 61.0. The number of amides is 1. The van der Waals surface area contributed by atoms with Crippen molar-refractivity contribution in [3.05, 3.63) is 12.2 Å². The van der Waals surface area contributed by atoms with Gasteiger partial charge in [0.2, 0.25) is 5.91 Å². The fourth-order valence-electron chi connectivity index (χ4n) is 13.5. The average molecular weight is 1260 g/mol. The maximum atomic E-state index is 12.6. The average Bonchev–Trinajstić information content (AvgIpc) is 3.62. The number of carbonyl (C=O) groups excluding carboxylic acids is 2. The van der Waals surface area contributed by atoms with E-state index in [0.717, 1.165) is 38.5 Å². The Bertz CT molecular complexity index is 1350. The highest BCUT2D eigenvalue weighted by atomic mass is 16.5. The summed E-state index contributed by atoms with van der Waals surface area (Å²) in [5.41, 5.74) is 0. The van der Waals surface area contributed by atoms with Gasteiger partial charge in [-0.1, -0.05) is 431 Å². The van der Waals surface area contributed by atoms with Crippen LogP contribution in [0.25, 0.3) is 0 Å². The highest BCUT2D eigenvalue weighted by Gasteiger charge is 2.20. The summed E-state index contributed by atoms with van der Waals surface area (Å²) >= 11 is 0. The molecule has 0 heterocycles. The molecule has 1 amide bonds. The van der Waals surface area contributed by atoms with E-state index in [1.165, 1.54) is 411 Å². The van der Waals surface area contributed by atoms with E-state index < -0.39 is 12.1 Å². The molecule has 0 aromatic heterocycles. The molecule has 3 N–H and O–H groups in total. The largest absolute Gasteiger partial charge is 0.466 e. The van der Waals surface area contributed by atoms with E-state index in [0.29, 0.717) is 25.9 Å². The monoisotopic (exact) mass is 1250 g/mol. The second kappa shape index (κ2) is 79.0. The molecule has 0 aliphatic rings. The van der Waals surface area contributed by atoms with Gasteiger partial charge in [0, 0.05) is 12.8 Å². The van der Waals surface area contributed by atoms with Gasteiger partial charge in [-0.15, -0.1) is 0 Å². The summed E-state index contributed by atoms with van der Waals surface area (Å²) in [6.07, 6.45) is 100. The number of allylic oxidation sites excluding steroid dienone is 2. The smallest absolute Gasteiger partial charge is 0.305 e. The van der Waals surface area contributed by atoms with Crippen molar-refractivity contribution in [2.75, 3.05) is 13.2 Å². The Morgan fingerprint density at radius 3 is 0.798 bits per heavy atom. The van der Waals surface area contributed by atoms with Gasteiger partial charge in [0.1, 0.15) is 0 Å². The molecule has 2 atom stereocenters. The van der Waals surface area contributed by atoms with Crippen molar-refractivity contribution in [3.8, 4) is 0 Å². The van der Waals surface area contributed by atoms with Gasteiger partial charge in [-0.2, -0.15) is 0 Å². The van der Waals surface area contributed by atoms with Crippen LogP contribution in [-0.2, 0) is 14.3 Å². The second-order valence-electron chi connectivity index (χ2n) is 28.8. The van der Waals surface area contributed by atoms with Gasteiger partial charge < -0.3 is 20.3 Å². The zero-order valence-corrected chi connectivity index (χ0v) is 61.0. The van der Waals surface area contributed by atoms with Crippen molar-refractivity contribution in [1.82, 2.24) is 5.32 Å². The van der Waals surface area contributed by atoms with Gasteiger partial charge >= 0.3 is 5.97 Å². The second-order valence-corrected chi connectivity index (χ2v) is 28.8. The summed E-state index contributed by atoms with van der Waals surface area (Å²) in [5.74, 6) is -0.00127. The minimum absolute atomic E-state index is 0.0250. The number of hydrogen-bond donors (Lipinski definition) is 3. The van der Waals surface area contributed by atoms with Crippen LogP contribution in [0.5, 0.6) is 0 Å². The summed E-state index contributed by atoms with van der Waals surface area (Å²) < 4.78 is 5.52. The third-order valence-electron chi connectivity index (χ3n) is 19.8. The lowest BCUT2D eigenvalue weighted by Gasteiger charge is -2.22. The Balaban J connectivity index is 3.33. The van der Waals surface area contributed by atoms with Gasteiger partial charge in [0.25, 0.3) is 0 Å². The van der Waals surface area contributed by atoms with Crippen LogP contribution >= 0.6 is 0 Å². The Morgan fingerprint density at radius 1 is 0.303 bits per heavy atom. The van der Waals surface area contributed by atoms with Crippen molar-refractivity contribution in [1.29, 1.82) is 0 Å². The van der Waals surface area contributed by atoms with Crippen molar-refractivity contribution in [2.45, 2.75) is 495 Å². The van der Waals surface area contributed by atoms with Gasteiger partial charge in [-0.05, 0) is 51.4 Å². The van der Waals surface area contributed by atoms with E-state index in [4.69, 9.17) is 4.74 Å². The zero-order chi connectivity index (χ0) is 64.2. The summed E-state index contributed by atoms with van der Waals surface area (Å²) in [5, 5.41) is 23.5. The van der Waals surface area contributed by atoms with Crippen molar-refractivity contribution >= 4 is 11.9 Å². The minimum Gasteiger partial charge on any atom is -0.466 e. The standard InChI is InChI=1S/C83H163NO5/c1-3-5-7-9-11-13-15-17-19-21-23-40-43-47-51-55-59-63-67-71-75-81(86)80(79-85)84-82(87)76-72-68-64-60-56-52-48-44-41-37-35-33-31-29-27-25-24-26-28-30-32-34-36-38-42-46-50-54-58-62-66-70-74-78-89-83(88)77-73-69-65-61-57-53-49-45-39-22-20-18-16-14-12-10-8-6-4-2/h28,30,80-81,85-86H,3-27,29,31-79H2,1-2H3,(H,84,87)/b30-28-. The predicted octanol–water partition coefficient (Wildman–Crippen LogP) is 27.4. The Morgan fingerprint density at radius 2 is 0.528 bits per heavy atom. The highest BCUT2D eigenvalue weighted by Crippen LogP contribution is 2.21. The molecule has 0 bridgehead atoms. The van der Waals surface area contributed by atoms with Crippen molar-refractivity contribution < 1.29 is 24.5 Å². The first-order valence-electron chi connectivity index (χ1n) is 41.4. The van der Waals surface area contributed by atoms with E-state index in [1.54, 1.807) is 0 Å². The molecule has 0 aromatic rings. The van der Waals surface area contributed by atoms with Crippen LogP contribution in [0.4, 0.5) is 0 Å². The molecule has 0 fully saturated rings. The molecule has 0 spiro atoms. The summed E-state index contributed by atoms with van der Waals surface area (Å²) in [6, 6.07) is -0.539. The number of carbonyl (C=O) groups is 2. The van der Waals surface area contributed by atoms with Crippen LogP contribution in [0, 0.1) is 0 Å². The summed E-state index contributed by atoms with van der Waals surface area (Å²) in [6.45, 7) is 5.02. The predicted molar refractivity (Wildman–Crippen MR) is 394 cm³/mol. The number of unbranched alkanes of at least 4 members (excludes halogenated alkanes) is 66. The van der Waals surface area contributed by atoms with Gasteiger partial charge in [-0.3, -0.25) is 9.59 Å². The normalized spacial score (nSPS) is 12.4. The molecule has 6 nitrogen and oxygen atoms in total. The maximum Gasteiger partial charge on any atom is 0.305 e. The molecule has 0 radical (unpaired) electrons. The number of esters is 1. The lowest BCUT2D eigenvalue weighted by atomic mass is 10.0. The van der Waals surface area contributed by atoms with Gasteiger partial charge in [-0.25, -0.2) is 0 Å². The van der Waals surface area contributed by atoms with Gasteiger partial charge in [0.05, 0.1) is 25.4 Å². The topological polar surface area (TPSA) is 95.9 Å². The minimum atomic E-state index is -0.663. The first-order chi connectivity index (χ1) is 44.0. The van der Waals surface area contributed by atoms with Gasteiger partial charge in [0.15, 0.2) is 0 Å². The first-order valence-corrected chi connectivity index (χ1v) is 41.4. The fraction of sp³-hybridized carbons (Fsp3) is 0.952. The molecular weight excluding hydrogens is 1090 g/mol. The molecule has 530 valence electrons. The molecule has 0 rings (SSSR count). The summed E-state index contributed by atoms with van der Waals surface area (Å²) in [7, 11) is 0. The molecule has 2 unspecified atom stereocenters. The van der Waals surface area contributed by atoms with Crippen molar-refractivity contribution in [3.63, 3.8) is 0 Å². The van der Waals surface area contributed by atoms with E-state index >= 15 is 0 Å². The molecule has 89 heavy (non-hydrogen) atoms. The molecule has 0 saturated carbocycles. The van der Waals surface area contributed by atoms with Crippen LogP contribution in [0.2, 0.25) is 0 Å². The number of rotatable bonds is 79. The van der Waals surface area contributed by atoms with Crippen LogP contribution in [0.1, 0.15) is 483 Å². The number of hydrogen-bond acceptors (Lipinski definition) is 5. The molecule has 0 aromatic carbocycles.